The molecule has 42 heavy (non-hydrogen) atoms. The maximum Gasteiger partial charge on any atom is 0.311 e. The normalized spacial score (nSPS) is 22.8. The molecule has 1 aliphatic rings. The van der Waals surface area contributed by atoms with Crippen LogP contribution in [0.3, 0.4) is 0 Å². The third-order valence-corrected chi connectivity index (χ3v) is 6.88. The lowest BCUT2D eigenvalue weighted by Gasteiger charge is -2.45. The summed E-state index contributed by atoms with van der Waals surface area (Å²) in [6.07, 6.45) is 3.77. The van der Waals surface area contributed by atoms with Crippen LogP contribution in [-0.2, 0) is 46.4 Å². The van der Waals surface area contributed by atoms with Crippen LogP contribution in [-0.4, -0.2) is 68.7 Å². The Morgan fingerprint density at radius 3 is 1.88 bits per heavy atom. The minimum Gasteiger partial charge on any atom is -0.454 e. The van der Waals surface area contributed by atoms with Crippen molar-refractivity contribution in [2.45, 2.75) is 90.4 Å². The number of unbranched alkanes of at least 4 members (excludes halogenated alkanes) is 2. The number of hydrogen-bond donors (Lipinski definition) is 1. The molecule has 3 rings (SSSR count). The van der Waals surface area contributed by atoms with Gasteiger partial charge >= 0.3 is 5.97 Å². The fraction of sp³-hybridized carbons (Fsp3) is 0.559. The first-order valence-corrected chi connectivity index (χ1v) is 14.9. The number of allylic oxidation sites excluding steroid dienone is 2. The van der Waals surface area contributed by atoms with Gasteiger partial charge in [-0.15, -0.1) is 0 Å². The SMILES string of the molecule is COCCC/C=C\CCCO[C@@H]1OC(CO)[C@@H](OCc2ccccc2)[C@@H](OCc2ccccc2)C1OC(=O)C(C)(C)C. The molecule has 0 aliphatic carbocycles. The highest BCUT2D eigenvalue weighted by Gasteiger charge is 2.50. The maximum absolute atomic E-state index is 13.2. The Morgan fingerprint density at radius 2 is 1.36 bits per heavy atom. The summed E-state index contributed by atoms with van der Waals surface area (Å²) >= 11 is 0. The van der Waals surface area contributed by atoms with E-state index in [9.17, 15) is 9.90 Å². The molecule has 232 valence electrons. The van der Waals surface area contributed by atoms with E-state index >= 15 is 0 Å². The molecule has 0 radical (unpaired) electrons. The number of methoxy groups -OCH3 is 1. The van der Waals surface area contributed by atoms with Crippen LogP contribution in [0, 0.1) is 5.41 Å². The molecule has 0 amide bonds. The van der Waals surface area contributed by atoms with Gasteiger partial charge in [-0.05, 0) is 57.6 Å². The Labute approximate surface area is 250 Å². The van der Waals surface area contributed by atoms with Crippen LogP contribution < -0.4 is 0 Å². The zero-order chi connectivity index (χ0) is 30.2. The van der Waals surface area contributed by atoms with Crippen molar-refractivity contribution in [2.24, 2.45) is 5.41 Å². The zero-order valence-electron chi connectivity index (χ0n) is 25.5. The molecule has 1 aliphatic heterocycles. The number of esters is 1. The van der Waals surface area contributed by atoms with Crippen LogP contribution in [0.15, 0.2) is 72.8 Å². The van der Waals surface area contributed by atoms with E-state index in [1.54, 1.807) is 27.9 Å². The van der Waals surface area contributed by atoms with Gasteiger partial charge < -0.3 is 33.5 Å². The lowest BCUT2D eigenvalue weighted by atomic mass is 9.95. The summed E-state index contributed by atoms with van der Waals surface area (Å²) in [5.74, 6) is -0.402. The standard InChI is InChI=1S/C34H48O8/c1-34(2,3)33(36)42-31-30(40-25-27-19-13-10-14-20-27)29(39-24-26-17-11-9-12-18-26)28(23-35)41-32(31)38-22-16-8-6-5-7-15-21-37-4/h5-6,9-14,17-20,28-32,35H,7-8,15-16,21-25H2,1-4H3/b6-5-/t28?,29-,30-,31?,32-/m1/s1. The van der Waals surface area contributed by atoms with Crippen LogP contribution in [0.5, 0.6) is 0 Å². The van der Waals surface area contributed by atoms with Gasteiger partial charge in [0, 0.05) is 13.7 Å². The monoisotopic (exact) mass is 584 g/mol. The number of ether oxygens (including phenoxy) is 6. The molecule has 1 N–H and O–H groups in total. The summed E-state index contributed by atoms with van der Waals surface area (Å²) in [7, 11) is 1.71. The van der Waals surface area contributed by atoms with E-state index in [1.807, 2.05) is 60.7 Å². The summed E-state index contributed by atoms with van der Waals surface area (Å²) < 4.78 is 36.4. The van der Waals surface area contributed by atoms with E-state index in [-0.39, 0.29) is 19.8 Å². The average Bonchev–Trinajstić information content (AvgIpc) is 2.99. The number of rotatable bonds is 17. The molecule has 8 nitrogen and oxygen atoms in total. The Kier molecular flexibility index (Phi) is 14.7. The number of benzene rings is 2. The number of aliphatic hydroxyl groups excluding tert-OH is 1. The van der Waals surface area contributed by atoms with Gasteiger partial charge in [0.2, 0.25) is 0 Å². The van der Waals surface area contributed by atoms with Gasteiger partial charge in [-0.2, -0.15) is 0 Å². The molecule has 1 fully saturated rings. The summed E-state index contributed by atoms with van der Waals surface area (Å²) in [5.41, 5.74) is 1.17. The van der Waals surface area contributed by atoms with Crippen LogP contribution in [0.25, 0.3) is 0 Å². The van der Waals surface area contributed by atoms with Crippen molar-refractivity contribution in [3.05, 3.63) is 83.9 Å². The minimum atomic E-state index is -0.934. The lowest BCUT2D eigenvalue weighted by Crippen LogP contribution is -2.62. The second-order valence-corrected chi connectivity index (χ2v) is 11.5. The van der Waals surface area contributed by atoms with Gasteiger partial charge in [0.05, 0.1) is 31.8 Å². The summed E-state index contributed by atoms with van der Waals surface area (Å²) in [6, 6.07) is 19.5. The third-order valence-electron chi connectivity index (χ3n) is 6.88. The number of hydrogen-bond acceptors (Lipinski definition) is 8. The third kappa shape index (κ3) is 11.2. The first kappa shape index (κ1) is 33.9. The van der Waals surface area contributed by atoms with Gasteiger partial charge in [-0.1, -0.05) is 72.8 Å². The molecule has 2 unspecified atom stereocenters. The Bertz CT molecular complexity index is 1040. The molecule has 1 heterocycles. The predicted octanol–water partition coefficient (Wildman–Crippen LogP) is 5.61. The molecule has 8 heteroatoms. The van der Waals surface area contributed by atoms with Crippen molar-refractivity contribution in [2.75, 3.05) is 26.9 Å². The molecular formula is C34H48O8. The molecule has 5 atom stereocenters. The van der Waals surface area contributed by atoms with Gasteiger partial charge in [0.1, 0.15) is 18.3 Å². The predicted molar refractivity (Wildman–Crippen MR) is 161 cm³/mol. The van der Waals surface area contributed by atoms with E-state index < -0.39 is 42.1 Å². The summed E-state index contributed by atoms with van der Waals surface area (Å²) in [5, 5.41) is 10.4. The van der Waals surface area contributed by atoms with Gasteiger partial charge in [0.25, 0.3) is 0 Å². The van der Waals surface area contributed by atoms with E-state index in [4.69, 9.17) is 28.4 Å². The average molecular weight is 585 g/mol. The van der Waals surface area contributed by atoms with Crippen LogP contribution in [0.4, 0.5) is 0 Å². The van der Waals surface area contributed by atoms with E-state index in [0.717, 1.165) is 43.4 Å². The zero-order valence-corrected chi connectivity index (χ0v) is 25.5. The number of carbonyl (C=O) groups excluding carboxylic acids is 1. The Morgan fingerprint density at radius 1 is 0.810 bits per heavy atom. The second kappa shape index (κ2) is 18.2. The fourth-order valence-corrected chi connectivity index (χ4v) is 4.49. The van der Waals surface area contributed by atoms with Gasteiger partial charge in [-0.3, -0.25) is 4.79 Å². The number of aliphatic hydroxyl groups is 1. The topological polar surface area (TPSA) is 92.7 Å². The molecule has 2 aromatic rings. The molecule has 0 saturated carbocycles. The summed E-state index contributed by atoms with van der Waals surface area (Å²) in [6.45, 7) is 6.76. The molecule has 2 aromatic carbocycles. The maximum atomic E-state index is 13.2. The van der Waals surface area contributed by atoms with Crippen molar-refractivity contribution < 1.29 is 38.3 Å². The molecule has 0 aromatic heterocycles. The number of carbonyl (C=O) groups is 1. The van der Waals surface area contributed by atoms with Crippen molar-refractivity contribution >= 4 is 5.97 Å². The van der Waals surface area contributed by atoms with Crippen molar-refractivity contribution in [1.29, 1.82) is 0 Å². The smallest absolute Gasteiger partial charge is 0.311 e. The Hall–Kier alpha value is -2.59. The van der Waals surface area contributed by atoms with E-state index in [2.05, 4.69) is 12.2 Å². The molecular weight excluding hydrogens is 536 g/mol. The fourth-order valence-electron chi connectivity index (χ4n) is 4.49. The Balaban J connectivity index is 1.79. The van der Waals surface area contributed by atoms with E-state index in [1.165, 1.54) is 0 Å². The van der Waals surface area contributed by atoms with Crippen LogP contribution in [0.1, 0.15) is 57.6 Å². The van der Waals surface area contributed by atoms with Crippen molar-refractivity contribution in [1.82, 2.24) is 0 Å². The highest BCUT2D eigenvalue weighted by molar-refractivity contribution is 5.75. The van der Waals surface area contributed by atoms with Crippen molar-refractivity contribution in [3.63, 3.8) is 0 Å². The first-order chi connectivity index (χ1) is 20.3. The van der Waals surface area contributed by atoms with Crippen LogP contribution >= 0.6 is 0 Å². The van der Waals surface area contributed by atoms with Crippen molar-refractivity contribution in [3.8, 4) is 0 Å². The summed E-state index contributed by atoms with van der Waals surface area (Å²) in [4.78, 5) is 13.2. The highest BCUT2D eigenvalue weighted by atomic mass is 16.7. The quantitative estimate of drug-likeness (QED) is 0.146. The minimum absolute atomic E-state index is 0.263. The molecule has 1 saturated heterocycles. The first-order valence-electron chi connectivity index (χ1n) is 14.9. The second-order valence-electron chi connectivity index (χ2n) is 11.5. The van der Waals surface area contributed by atoms with E-state index in [0.29, 0.717) is 6.61 Å². The molecule has 0 bridgehead atoms. The largest absolute Gasteiger partial charge is 0.454 e. The molecule has 0 spiro atoms. The lowest BCUT2D eigenvalue weighted by molar-refractivity contribution is -0.320. The van der Waals surface area contributed by atoms with Crippen LogP contribution in [0.2, 0.25) is 0 Å². The van der Waals surface area contributed by atoms with Gasteiger partial charge in [-0.25, -0.2) is 0 Å². The highest BCUT2D eigenvalue weighted by Crippen LogP contribution is 2.32. The van der Waals surface area contributed by atoms with Gasteiger partial charge in [0.15, 0.2) is 12.4 Å².